The Kier molecular flexibility index (Phi) is 3.30. The number of nitrogens with zero attached hydrogens (tertiary/aromatic N) is 1. The molecule has 0 bridgehead atoms. The summed E-state index contributed by atoms with van der Waals surface area (Å²) in [5.74, 6) is 0.850. The van der Waals surface area contributed by atoms with Gasteiger partial charge in [-0.2, -0.15) is 0 Å². The van der Waals surface area contributed by atoms with E-state index in [4.69, 9.17) is 17.3 Å². The number of nitrogens with two attached hydrogens (primary N) is 1. The molecule has 0 saturated carbocycles. The number of anilines is 1. The third-order valence-corrected chi connectivity index (χ3v) is 2.89. The van der Waals surface area contributed by atoms with Gasteiger partial charge in [0.1, 0.15) is 11.3 Å². The minimum Gasteiger partial charge on any atom is -0.318 e. The summed E-state index contributed by atoms with van der Waals surface area (Å²) in [6, 6.07) is 7.23. The van der Waals surface area contributed by atoms with Crippen LogP contribution in [0.1, 0.15) is 23.0 Å². The maximum Gasteiger partial charge on any atom is 0.267 e. The highest BCUT2D eigenvalue weighted by atomic mass is 35.5. The molecule has 1 aromatic heterocycles. The fraction of sp³-hybridized carbons (Fsp3) is 0.154. The summed E-state index contributed by atoms with van der Waals surface area (Å²) in [6.07, 6.45) is 0. The topological polar surface area (TPSA) is 70.1 Å². The van der Waals surface area contributed by atoms with Crippen molar-refractivity contribution in [3.8, 4) is 11.4 Å². The van der Waals surface area contributed by atoms with Gasteiger partial charge < -0.3 is 5.73 Å². The van der Waals surface area contributed by atoms with Crippen molar-refractivity contribution in [2.45, 2.75) is 13.8 Å². The highest BCUT2D eigenvalue weighted by molar-refractivity contribution is 6.30. The Hall–Kier alpha value is -1.94. The van der Waals surface area contributed by atoms with Gasteiger partial charge in [-0.15, -0.1) is 4.98 Å². The van der Waals surface area contributed by atoms with E-state index >= 15 is 0 Å². The van der Waals surface area contributed by atoms with Gasteiger partial charge in [0.15, 0.2) is 5.78 Å². The van der Waals surface area contributed by atoms with Crippen LogP contribution >= 0.6 is 11.6 Å². The number of aromatic amines is 1. The molecule has 92 valence electrons. The minimum absolute atomic E-state index is 0.101. The lowest BCUT2D eigenvalue weighted by molar-refractivity contribution is -0.351. The highest BCUT2D eigenvalue weighted by Crippen LogP contribution is 2.19. The molecule has 3 N–H and O–H groups in total. The first kappa shape index (κ1) is 12.5. The summed E-state index contributed by atoms with van der Waals surface area (Å²) in [5.41, 5.74) is 7.77. The average Bonchev–Trinajstić information content (AvgIpc) is 2.28. The summed E-state index contributed by atoms with van der Waals surface area (Å²) < 4.78 is 0. The normalized spacial score (nSPS) is 10.4. The van der Waals surface area contributed by atoms with Crippen molar-refractivity contribution < 1.29 is 9.78 Å². The Morgan fingerprint density at radius 2 is 1.94 bits per heavy atom. The quantitative estimate of drug-likeness (QED) is 0.845. The van der Waals surface area contributed by atoms with Crippen LogP contribution in [0.15, 0.2) is 24.3 Å². The first-order valence-electron chi connectivity index (χ1n) is 5.45. The Bertz CT molecular complexity index is 585. The first-order valence-corrected chi connectivity index (χ1v) is 5.83. The molecule has 2 rings (SSSR count). The summed E-state index contributed by atoms with van der Waals surface area (Å²) in [4.78, 5) is 18.7. The first-order chi connectivity index (χ1) is 8.49. The largest absolute Gasteiger partial charge is 0.318 e. The fourth-order valence-corrected chi connectivity index (χ4v) is 1.95. The van der Waals surface area contributed by atoms with E-state index in [0.29, 0.717) is 27.9 Å². The molecule has 1 heterocycles. The lowest BCUT2D eigenvalue weighted by Crippen LogP contribution is -2.21. The van der Waals surface area contributed by atoms with Crippen LogP contribution in [-0.2, 0) is 0 Å². The monoisotopic (exact) mass is 262 g/mol. The molecule has 4 nitrogen and oxygen atoms in total. The second kappa shape index (κ2) is 4.74. The summed E-state index contributed by atoms with van der Waals surface area (Å²) in [5, 5.41) is 0.656. The number of aromatic nitrogens is 2. The molecular weight excluding hydrogens is 250 g/mol. The SMILES string of the molecule is CC(=O)c1c(C)nc(-c2ccc(Cl)cc2)[nH+]c1N. The van der Waals surface area contributed by atoms with Gasteiger partial charge in [0.2, 0.25) is 5.82 Å². The number of hydrogen-bond donors (Lipinski definition) is 1. The van der Waals surface area contributed by atoms with Gasteiger partial charge in [-0.25, -0.2) is 4.98 Å². The number of H-pyrrole nitrogens is 1. The van der Waals surface area contributed by atoms with Crippen LogP contribution in [0.5, 0.6) is 0 Å². The zero-order valence-corrected chi connectivity index (χ0v) is 10.9. The van der Waals surface area contributed by atoms with Crippen LogP contribution in [0, 0.1) is 6.92 Å². The van der Waals surface area contributed by atoms with Crippen LogP contribution in [0.4, 0.5) is 5.82 Å². The van der Waals surface area contributed by atoms with Gasteiger partial charge >= 0.3 is 0 Å². The number of halogens is 1. The zero-order chi connectivity index (χ0) is 13.3. The predicted octanol–water partition coefficient (Wildman–Crippen LogP) is 2.31. The molecule has 0 aliphatic rings. The van der Waals surface area contributed by atoms with Crippen molar-refractivity contribution >= 4 is 23.2 Å². The molecule has 0 radical (unpaired) electrons. The number of nitrogen functional groups attached to an aromatic ring is 1. The number of Topliss-reactive ketones (excluding diaryl/α,β-unsaturated/α-hetero) is 1. The van der Waals surface area contributed by atoms with Crippen LogP contribution in [0.2, 0.25) is 5.02 Å². The molecule has 0 saturated heterocycles. The van der Waals surface area contributed by atoms with Gasteiger partial charge in [0, 0.05) is 5.02 Å². The van der Waals surface area contributed by atoms with Gasteiger partial charge in [-0.05, 0) is 38.1 Å². The van der Waals surface area contributed by atoms with Crippen LogP contribution in [-0.4, -0.2) is 10.8 Å². The Labute approximate surface area is 110 Å². The molecule has 0 amide bonds. The molecule has 0 spiro atoms. The third kappa shape index (κ3) is 2.33. The molecule has 2 aromatic rings. The Balaban J connectivity index is 2.54. The molecule has 0 atom stereocenters. The molecule has 0 unspecified atom stereocenters. The van der Waals surface area contributed by atoms with Gasteiger partial charge in [-0.3, -0.25) is 4.79 Å². The maximum absolute atomic E-state index is 11.4. The third-order valence-electron chi connectivity index (χ3n) is 2.63. The van der Waals surface area contributed by atoms with Crippen LogP contribution < -0.4 is 10.7 Å². The van der Waals surface area contributed by atoms with E-state index in [1.165, 1.54) is 6.92 Å². The van der Waals surface area contributed by atoms with Crippen molar-refractivity contribution in [1.29, 1.82) is 0 Å². The smallest absolute Gasteiger partial charge is 0.267 e. The van der Waals surface area contributed by atoms with E-state index < -0.39 is 0 Å². The second-order valence-corrected chi connectivity index (χ2v) is 4.46. The predicted molar refractivity (Wildman–Crippen MR) is 70.4 cm³/mol. The standard InChI is InChI=1S/C13H12ClN3O/c1-7-11(8(2)18)12(15)17-13(16-7)9-3-5-10(14)6-4-9/h3-6H,1-2H3,(H2,15,16,17)/p+1. The number of carbonyl (C=O) groups excluding carboxylic acids is 1. The number of hydrogen-bond acceptors (Lipinski definition) is 3. The number of ketones is 1. The molecule has 0 aliphatic heterocycles. The molecule has 18 heavy (non-hydrogen) atoms. The molecule has 1 aromatic carbocycles. The minimum atomic E-state index is -0.101. The zero-order valence-electron chi connectivity index (χ0n) is 10.1. The molecule has 5 heteroatoms. The second-order valence-electron chi connectivity index (χ2n) is 4.02. The van der Waals surface area contributed by atoms with Gasteiger partial charge in [0.25, 0.3) is 5.82 Å². The lowest BCUT2D eigenvalue weighted by atomic mass is 10.1. The number of benzene rings is 1. The Morgan fingerprint density at radius 3 is 2.44 bits per heavy atom. The van der Waals surface area contributed by atoms with Crippen LogP contribution in [0.25, 0.3) is 11.4 Å². The van der Waals surface area contributed by atoms with Crippen molar-refractivity contribution in [3.63, 3.8) is 0 Å². The van der Waals surface area contributed by atoms with Crippen molar-refractivity contribution in [2.24, 2.45) is 0 Å². The summed E-state index contributed by atoms with van der Waals surface area (Å²) in [7, 11) is 0. The van der Waals surface area contributed by atoms with Gasteiger partial charge in [0.05, 0.1) is 5.56 Å². The lowest BCUT2D eigenvalue weighted by Gasteiger charge is -2.02. The highest BCUT2D eigenvalue weighted by Gasteiger charge is 2.19. The maximum atomic E-state index is 11.4. The van der Waals surface area contributed by atoms with Crippen molar-refractivity contribution in [3.05, 3.63) is 40.5 Å². The van der Waals surface area contributed by atoms with E-state index in [1.807, 2.05) is 12.1 Å². The van der Waals surface area contributed by atoms with E-state index in [-0.39, 0.29) is 5.78 Å². The number of rotatable bonds is 2. The molecule has 0 fully saturated rings. The fourth-order valence-electron chi connectivity index (χ4n) is 1.83. The Morgan fingerprint density at radius 1 is 1.33 bits per heavy atom. The van der Waals surface area contributed by atoms with E-state index in [0.717, 1.165) is 5.56 Å². The number of nitrogens with one attached hydrogen (secondary N) is 1. The van der Waals surface area contributed by atoms with Crippen LogP contribution in [0.3, 0.4) is 0 Å². The average molecular weight is 263 g/mol. The van der Waals surface area contributed by atoms with Crippen molar-refractivity contribution in [1.82, 2.24) is 4.98 Å². The van der Waals surface area contributed by atoms with E-state index in [9.17, 15) is 4.79 Å². The number of carbonyl (C=O) groups is 1. The summed E-state index contributed by atoms with van der Waals surface area (Å²) >= 11 is 5.83. The van der Waals surface area contributed by atoms with Gasteiger partial charge in [-0.1, -0.05) is 11.6 Å². The molecule has 0 aliphatic carbocycles. The summed E-state index contributed by atoms with van der Waals surface area (Å²) in [6.45, 7) is 3.23. The van der Waals surface area contributed by atoms with Crippen molar-refractivity contribution in [2.75, 3.05) is 5.73 Å². The molecular formula is C13H13ClN3O+. The van der Waals surface area contributed by atoms with E-state index in [2.05, 4.69) is 9.97 Å². The number of aryl methyl sites for hydroxylation is 1. The van der Waals surface area contributed by atoms with E-state index in [1.54, 1.807) is 19.1 Å².